The normalized spacial score (nSPS) is 12.0. The predicted molar refractivity (Wildman–Crippen MR) is 62.0 cm³/mol. The molecule has 0 aliphatic heterocycles. The number of aryl methyl sites for hydroxylation is 1. The van der Waals surface area contributed by atoms with E-state index in [-0.39, 0.29) is 5.41 Å². The molecule has 0 bridgehead atoms. The Bertz CT molecular complexity index is 281. The van der Waals surface area contributed by atoms with Crippen molar-refractivity contribution in [3.63, 3.8) is 0 Å². The van der Waals surface area contributed by atoms with Crippen molar-refractivity contribution in [2.75, 3.05) is 20.4 Å². The molecule has 0 unspecified atom stereocenters. The highest BCUT2D eigenvalue weighted by Gasteiger charge is 2.22. The summed E-state index contributed by atoms with van der Waals surface area (Å²) in [5, 5.41) is 5.43. The van der Waals surface area contributed by atoms with E-state index >= 15 is 0 Å². The van der Waals surface area contributed by atoms with E-state index in [1.165, 1.54) is 10.4 Å². The van der Waals surface area contributed by atoms with Gasteiger partial charge in [-0.25, -0.2) is 0 Å². The number of methoxy groups -OCH3 is 1. The van der Waals surface area contributed by atoms with Gasteiger partial charge in [-0.3, -0.25) is 5.32 Å². The first-order valence-electron chi connectivity index (χ1n) is 4.82. The minimum absolute atomic E-state index is 0.191. The summed E-state index contributed by atoms with van der Waals surface area (Å²) >= 11 is 1.83. The van der Waals surface area contributed by atoms with Gasteiger partial charge in [0.1, 0.15) is 0 Å². The van der Waals surface area contributed by atoms with Crippen molar-refractivity contribution in [1.82, 2.24) is 5.32 Å². The van der Waals surface area contributed by atoms with Crippen LogP contribution in [0, 0.1) is 6.92 Å². The van der Waals surface area contributed by atoms with Crippen molar-refractivity contribution in [1.29, 1.82) is 0 Å². The van der Waals surface area contributed by atoms with Crippen LogP contribution in [0.2, 0.25) is 0 Å². The van der Waals surface area contributed by atoms with Gasteiger partial charge in [0.2, 0.25) is 0 Å². The Morgan fingerprint density at radius 3 is 2.71 bits per heavy atom. The maximum absolute atomic E-state index is 4.98. The Balaban J connectivity index is 2.61. The van der Waals surface area contributed by atoms with Crippen LogP contribution in [-0.2, 0) is 10.2 Å². The van der Waals surface area contributed by atoms with Gasteiger partial charge >= 0.3 is 0 Å². The molecular formula is C11H19NOS. The lowest BCUT2D eigenvalue weighted by Gasteiger charge is -2.24. The lowest BCUT2D eigenvalue weighted by molar-refractivity contribution is 0.169. The Labute approximate surface area is 90.3 Å². The molecule has 1 rings (SSSR count). The van der Waals surface area contributed by atoms with Crippen LogP contribution in [0.15, 0.2) is 11.4 Å². The van der Waals surface area contributed by atoms with Gasteiger partial charge in [-0.15, -0.1) is 11.3 Å². The summed E-state index contributed by atoms with van der Waals surface area (Å²) in [4.78, 5) is 1.46. The van der Waals surface area contributed by atoms with Crippen molar-refractivity contribution in [3.8, 4) is 0 Å². The molecular weight excluding hydrogens is 194 g/mol. The lowest BCUT2D eigenvalue weighted by atomic mass is 9.89. The summed E-state index contributed by atoms with van der Waals surface area (Å²) in [6.07, 6.45) is 0. The fourth-order valence-electron chi connectivity index (χ4n) is 1.61. The van der Waals surface area contributed by atoms with E-state index in [0.29, 0.717) is 6.73 Å². The van der Waals surface area contributed by atoms with Crippen LogP contribution in [0.5, 0.6) is 0 Å². The monoisotopic (exact) mass is 213 g/mol. The lowest BCUT2D eigenvalue weighted by Crippen LogP contribution is -2.33. The predicted octanol–water partition coefficient (Wildman–Crippen LogP) is 2.53. The molecule has 0 aliphatic carbocycles. The van der Waals surface area contributed by atoms with Gasteiger partial charge < -0.3 is 4.74 Å². The number of hydrogen-bond acceptors (Lipinski definition) is 3. The van der Waals surface area contributed by atoms with Gasteiger partial charge in [-0.1, -0.05) is 13.8 Å². The summed E-state index contributed by atoms with van der Waals surface area (Å²) in [5.74, 6) is 0. The molecule has 1 aromatic heterocycles. The number of ether oxygens (including phenoxy) is 1. The largest absolute Gasteiger partial charge is 0.370 e. The molecule has 14 heavy (non-hydrogen) atoms. The van der Waals surface area contributed by atoms with Crippen molar-refractivity contribution in [2.45, 2.75) is 26.2 Å². The van der Waals surface area contributed by atoms with Crippen LogP contribution < -0.4 is 5.32 Å². The number of thiophene rings is 1. The van der Waals surface area contributed by atoms with Gasteiger partial charge in [0.25, 0.3) is 0 Å². The van der Waals surface area contributed by atoms with Crippen LogP contribution in [-0.4, -0.2) is 20.4 Å². The number of rotatable bonds is 5. The topological polar surface area (TPSA) is 21.3 Å². The average Bonchev–Trinajstić information content (AvgIpc) is 2.52. The number of nitrogens with one attached hydrogen (secondary N) is 1. The molecule has 0 radical (unpaired) electrons. The van der Waals surface area contributed by atoms with E-state index in [1.807, 2.05) is 11.3 Å². The minimum atomic E-state index is 0.191. The summed E-state index contributed by atoms with van der Waals surface area (Å²) in [6, 6.07) is 2.18. The molecule has 2 nitrogen and oxygen atoms in total. The van der Waals surface area contributed by atoms with E-state index < -0.39 is 0 Å². The molecule has 0 aliphatic rings. The molecule has 1 aromatic rings. The van der Waals surface area contributed by atoms with Crippen LogP contribution >= 0.6 is 11.3 Å². The highest BCUT2D eigenvalue weighted by Crippen LogP contribution is 2.30. The van der Waals surface area contributed by atoms with Crippen molar-refractivity contribution in [2.24, 2.45) is 0 Å². The maximum atomic E-state index is 4.98. The second kappa shape index (κ2) is 4.91. The minimum Gasteiger partial charge on any atom is -0.370 e. The third-order valence-corrected chi connectivity index (χ3v) is 3.67. The summed E-state index contributed by atoms with van der Waals surface area (Å²) < 4.78 is 4.98. The molecule has 0 atom stereocenters. The van der Waals surface area contributed by atoms with Crippen LogP contribution in [0.25, 0.3) is 0 Å². The highest BCUT2D eigenvalue weighted by molar-refractivity contribution is 7.10. The summed E-state index contributed by atoms with van der Waals surface area (Å²) in [5.41, 5.74) is 1.58. The molecule has 0 saturated heterocycles. The first kappa shape index (κ1) is 11.7. The second-order valence-corrected chi connectivity index (χ2v) is 5.09. The SMILES string of the molecule is COCNCC(C)(C)c1sccc1C. The van der Waals surface area contributed by atoms with E-state index in [1.54, 1.807) is 7.11 Å². The van der Waals surface area contributed by atoms with Gasteiger partial charge in [-0.05, 0) is 23.9 Å². The molecule has 1 heterocycles. The van der Waals surface area contributed by atoms with E-state index in [4.69, 9.17) is 4.74 Å². The van der Waals surface area contributed by atoms with E-state index in [9.17, 15) is 0 Å². The fourth-order valence-corrected chi connectivity index (χ4v) is 2.67. The van der Waals surface area contributed by atoms with Crippen LogP contribution in [0.4, 0.5) is 0 Å². The zero-order valence-corrected chi connectivity index (χ0v) is 10.2. The molecule has 80 valence electrons. The van der Waals surface area contributed by atoms with E-state index in [2.05, 4.69) is 37.5 Å². The van der Waals surface area contributed by atoms with Crippen molar-refractivity contribution >= 4 is 11.3 Å². The zero-order chi connectivity index (χ0) is 10.6. The standard InChI is InChI=1S/C11H19NOS/c1-9-5-6-14-10(9)11(2,3)7-12-8-13-4/h5-6,12H,7-8H2,1-4H3. The highest BCUT2D eigenvalue weighted by atomic mass is 32.1. The quantitative estimate of drug-likeness (QED) is 0.599. The number of hydrogen-bond donors (Lipinski definition) is 1. The molecule has 0 spiro atoms. The first-order valence-corrected chi connectivity index (χ1v) is 5.70. The fraction of sp³-hybridized carbons (Fsp3) is 0.636. The van der Waals surface area contributed by atoms with Crippen LogP contribution in [0.3, 0.4) is 0 Å². The van der Waals surface area contributed by atoms with Gasteiger partial charge in [0.05, 0.1) is 6.73 Å². The summed E-state index contributed by atoms with van der Waals surface area (Å²) in [7, 11) is 1.70. The Morgan fingerprint density at radius 2 is 2.21 bits per heavy atom. The molecule has 0 aromatic carbocycles. The Morgan fingerprint density at radius 1 is 1.50 bits per heavy atom. The zero-order valence-electron chi connectivity index (χ0n) is 9.39. The van der Waals surface area contributed by atoms with Gasteiger partial charge in [0, 0.05) is 23.9 Å². The third kappa shape index (κ3) is 2.80. The van der Waals surface area contributed by atoms with Crippen LogP contribution in [0.1, 0.15) is 24.3 Å². The van der Waals surface area contributed by atoms with Gasteiger partial charge in [0.15, 0.2) is 0 Å². The summed E-state index contributed by atoms with van der Waals surface area (Å²) in [6.45, 7) is 8.25. The van der Waals surface area contributed by atoms with Gasteiger partial charge in [-0.2, -0.15) is 0 Å². The second-order valence-electron chi connectivity index (χ2n) is 4.18. The molecule has 0 amide bonds. The Hall–Kier alpha value is -0.380. The first-order chi connectivity index (χ1) is 6.58. The van der Waals surface area contributed by atoms with Crippen molar-refractivity contribution < 1.29 is 4.74 Å². The molecule has 3 heteroatoms. The maximum Gasteiger partial charge on any atom is 0.0961 e. The molecule has 0 fully saturated rings. The molecule has 0 saturated carbocycles. The Kier molecular flexibility index (Phi) is 4.11. The third-order valence-electron chi connectivity index (χ3n) is 2.29. The van der Waals surface area contributed by atoms with E-state index in [0.717, 1.165) is 6.54 Å². The smallest absolute Gasteiger partial charge is 0.0961 e. The van der Waals surface area contributed by atoms with Crippen molar-refractivity contribution in [3.05, 3.63) is 21.9 Å². The molecule has 1 N–H and O–H groups in total. The average molecular weight is 213 g/mol.